The van der Waals surface area contributed by atoms with Crippen LogP contribution in [0.3, 0.4) is 0 Å². The van der Waals surface area contributed by atoms with Gasteiger partial charge >= 0.3 is 0 Å². The Balaban J connectivity index is 1.11. The monoisotopic (exact) mass is 615 g/mol. The molecule has 5 heteroatoms. The second-order valence-corrected chi connectivity index (χ2v) is 12.4. The van der Waals surface area contributed by atoms with Crippen molar-refractivity contribution in [3.05, 3.63) is 163 Å². The zero-order valence-corrected chi connectivity index (χ0v) is 26.1. The smallest absolute Gasteiger partial charge is 0.220 e. The number of hydrogen-bond acceptors (Lipinski definition) is 4. The van der Waals surface area contributed by atoms with E-state index in [0.29, 0.717) is 0 Å². The lowest BCUT2D eigenvalue weighted by atomic mass is 9.94. The first-order chi connectivity index (χ1) is 23.8. The van der Waals surface area contributed by atoms with Crippen molar-refractivity contribution in [3.8, 4) is 28.2 Å². The molecule has 5 aromatic carbocycles. The zero-order valence-electron chi connectivity index (χ0n) is 26.1. The number of nitrogens with zero attached hydrogens (tertiary/aromatic N) is 5. The third-order valence-corrected chi connectivity index (χ3v) is 9.60. The van der Waals surface area contributed by atoms with Gasteiger partial charge in [0.1, 0.15) is 0 Å². The summed E-state index contributed by atoms with van der Waals surface area (Å²) >= 11 is 0. The van der Waals surface area contributed by atoms with Crippen LogP contribution in [-0.2, 0) is 0 Å². The van der Waals surface area contributed by atoms with Crippen LogP contribution in [0.2, 0.25) is 0 Å². The van der Waals surface area contributed by atoms with Crippen molar-refractivity contribution >= 4 is 50.0 Å². The molecule has 0 spiro atoms. The molecule has 8 aromatic rings. The third-order valence-electron chi connectivity index (χ3n) is 9.60. The number of rotatable bonds is 3. The average Bonchev–Trinajstić information content (AvgIpc) is 3.49. The van der Waals surface area contributed by atoms with Crippen molar-refractivity contribution in [2.45, 2.75) is 12.8 Å². The molecule has 10 rings (SSSR count). The molecule has 4 heterocycles. The number of allylic oxidation sites excluding steroid dienone is 4. The second-order valence-electron chi connectivity index (χ2n) is 12.4. The van der Waals surface area contributed by atoms with Gasteiger partial charge in [0.25, 0.3) is 0 Å². The first-order valence-electron chi connectivity index (χ1n) is 16.4. The van der Waals surface area contributed by atoms with E-state index in [2.05, 4.69) is 143 Å². The Morgan fingerprint density at radius 3 is 1.96 bits per heavy atom. The van der Waals surface area contributed by atoms with Crippen molar-refractivity contribution in [2.75, 3.05) is 4.90 Å². The molecule has 0 amide bonds. The van der Waals surface area contributed by atoms with Crippen molar-refractivity contribution < 1.29 is 0 Å². The highest BCUT2D eigenvalue weighted by Crippen LogP contribution is 2.45. The highest BCUT2D eigenvalue weighted by Gasteiger charge is 2.30. The molecule has 0 radical (unpaired) electrons. The summed E-state index contributed by atoms with van der Waals surface area (Å²) in [6.45, 7) is 0. The number of para-hydroxylation sites is 3. The zero-order chi connectivity index (χ0) is 31.6. The molecule has 226 valence electrons. The number of aromatic nitrogens is 4. The van der Waals surface area contributed by atoms with Gasteiger partial charge in [-0.3, -0.25) is 9.47 Å². The van der Waals surface area contributed by atoms with E-state index in [0.717, 1.165) is 85.5 Å². The number of hydrogen-bond donors (Lipinski definition) is 0. The fourth-order valence-corrected chi connectivity index (χ4v) is 7.30. The highest BCUT2D eigenvalue weighted by atomic mass is 15.3. The number of pyridine rings is 2. The van der Waals surface area contributed by atoms with Gasteiger partial charge in [0.2, 0.25) is 5.95 Å². The van der Waals surface area contributed by atoms with Crippen LogP contribution < -0.4 is 4.90 Å². The minimum atomic E-state index is 0.910. The summed E-state index contributed by atoms with van der Waals surface area (Å²) in [6, 6.07) is 49.0. The van der Waals surface area contributed by atoms with Crippen molar-refractivity contribution in [1.29, 1.82) is 0 Å². The van der Waals surface area contributed by atoms with Crippen LogP contribution in [0.15, 0.2) is 157 Å². The molecule has 0 unspecified atom stereocenters. The Morgan fingerprint density at radius 2 is 1.19 bits per heavy atom. The maximum Gasteiger partial charge on any atom is 0.220 e. The predicted molar refractivity (Wildman–Crippen MR) is 196 cm³/mol. The molecule has 0 fully saturated rings. The van der Waals surface area contributed by atoms with Crippen LogP contribution in [0, 0.1) is 0 Å². The maximum absolute atomic E-state index is 5.24. The summed E-state index contributed by atoms with van der Waals surface area (Å²) in [5.41, 5.74) is 13.9. The third kappa shape index (κ3) is 4.14. The van der Waals surface area contributed by atoms with E-state index < -0.39 is 0 Å². The molecule has 3 aromatic heterocycles. The van der Waals surface area contributed by atoms with Crippen LogP contribution in [0.1, 0.15) is 18.4 Å². The lowest BCUT2D eigenvalue weighted by molar-refractivity contribution is 0.901. The van der Waals surface area contributed by atoms with Crippen LogP contribution >= 0.6 is 0 Å². The van der Waals surface area contributed by atoms with E-state index in [1.807, 2.05) is 18.2 Å². The summed E-state index contributed by atoms with van der Waals surface area (Å²) in [7, 11) is 0. The van der Waals surface area contributed by atoms with Crippen LogP contribution in [0.5, 0.6) is 0 Å². The summed E-state index contributed by atoms with van der Waals surface area (Å²) < 4.78 is 2.32. The van der Waals surface area contributed by atoms with Gasteiger partial charge in [0.15, 0.2) is 0 Å². The van der Waals surface area contributed by atoms with Crippen LogP contribution in [0.4, 0.5) is 11.6 Å². The number of benzene rings is 5. The van der Waals surface area contributed by atoms with Gasteiger partial charge in [-0.2, -0.15) is 0 Å². The minimum Gasteiger partial charge on any atom is -0.283 e. The number of anilines is 2. The van der Waals surface area contributed by atoms with Gasteiger partial charge in [-0.25, -0.2) is 15.0 Å². The van der Waals surface area contributed by atoms with Gasteiger partial charge in [-0.15, -0.1) is 0 Å². The first kappa shape index (κ1) is 26.8. The topological polar surface area (TPSA) is 46.8 Å². The molecule has 5 nitrogen and oxygen atoms in total. The molecule has 0 bridgehead atoms. The molecule has 0 atom stereocenters. The lowest BCUT2D eigenvalue weighted by Crippen LogP contribution is -2.20. The average molecular weight is 616 g/mol. The largest absolute Gasteiger partial charge is 0.283 e. The fourth-order valence-electron chi connectivity index (χ4n) is 7.30. The quantitative estimate of drug-likeness (QED) is 0.186. The van der Waals surface area contributed by atoms with E-state index in [4.69, 9.17) is 15.0 Å². The molecular formula is C43H29N5. The van der Waals surface area contributed by atoms with E-state index in [9.17, 15) is 0 Å². The lowest BCUT2D eigenvalue weighted by Gasteiger charge is -2.28. The Bertz CT molecular complexity index is 2610. The molecule has 0 N–H and O–H groups in total. The second kappa shape index (κ2) is 10.6. The van der Waals surface area contributed by atoms with Crippen LogP contribution in [-0.4, -0.2) is 19.5 Å². The molecule has 2 aliphatic rings. The molecule has 0 saturated heterocycles. The van der Waals surface area contributed by atoms with Crippen molar-refractivity contribution in [2.24, 2.45) is 0 Å². The molecule has 1 aliphatic heterocycles. The summed E-state index contributed by atoms with van der Waals surface area (Å²) in [5, 5.41) is 2.16. The van der Waals surface area contributed by atoms with Gasteiger partial charge < -0.3 is 0 Å². The summed E-state index contributed by atoms with van der Waals surface area (Å²) in [5.74, 6) is 0.910. The Morgan fingerprint density at radius 1 is 0.542 bits per heavy atom. The Kier molecular flexibility index (Phi) is 5.93. The number of imidazole rings is 1. The number of fused-ring (bicyclic) bond motifs is 9. The minimum absolute atomic E-state index is 0.910. The van der Waals surface area contributed by atoms with E-state index >= 15 is 0 Å². The standard InChI is InChI=1S/C43H29N5/c1-2-10-28(11-3-1)35-26-22-30-18-19-31-23-27-36(45-42(31)41(30)44-35)29-20-24-32(25-21-29)47-38-15-7-4-12-33(38)34-13-5-8-16-39(34)48-40-17-9-6-14-37(40)46-43(47)48/h1-6,8-14,16-27H,7,15H2. The molecule has 0 saturated carbocycles. The van der Waals surface area contributed by atoms with E-state index in [-0.39, 0.29) is 0 Å². The Hall–Kier alpha value is -6.33. The van der Waals surface area contributed by atoms with Gasteiger partial charge in [0, 0.05) is 44.4 Å². The Labute approximate surface area is 277 Å². The van der Waals surface area contributed by atoms with Gasteiger partial charge in [0.05, 0.1) is 39.1 Å². The van der Waals surface area contributed by atoms with E-state index in [1.54, 1.807) is 0 Å². The highest BCUT2D eigenvalue weighted by molar-refractivity contribution is 6.04. The summed E-state index contributed by atoms with van der Waals surface area (Å²) in [6.07, 6.45) is 6.50. The predicted octanol–water partition coefficient (Wildman–Crippen LogP) is 10.7. The van der Waals surface area contributed by atoms with Crippen LogP contribution in [0.25, 0.3) is 66.6 Å². The van der Waals surface area contributed by atoms with Gasteiger partial charge in [-0.1, -0.05) is 109 Å². The van der Waals surface area contributed by atoms with Crippen molar-refractivity contribution in [1.82, 2.24) is 19.5 Å². The van der Waals surface area contributed by atoms with E-state index in [1.165, 1.54) is 16.8 Å². The molecular weight excluding hydrogens is 587 g/mol. The first-order valence-corrected chi connectivity index (χ1v) is 16.4. The maximum atomic E-state index is 5.24. The van der Waals surface area contributed by atoms with Crippen molar-refractivity contribution in [3.63, 3.8) is 0 Å². The normalized spacial score (nSPS) is 13.9. The fraction of sp³-hybridized carbons (Fsp3) is 0.0465. The molecule has 1 aliphatic carbocycles. The van der Waals surface area contributed by atoms with Gasteiger partial charge in [-0.05, 0) is 55.3 Å². The SMILES string of the molecule is C1=CC2=C(CC1)N(c1ccc(-c3ccc4ccc5ccc(-c6ccccc6)nc5c4n3)cc1)c1nc3ccccc3n1-c1ccccc12. The summed E-state index contributed by atoms with van der Waals surface area (Å²) in [4.78, 5) is 17.9. The molecule has 48 heavy (non-hydrogen) atoms.